The summed E-state index contributed by atoms with van der Waals surface area (Å²) in [5, 5.41) is 2.83. The number of fused-ring (bicyclic) bond motifs is 1. The van der Waals surface area contributed by atoms with Gasteiger partial charge in [0, 0.05) is 6.92 Å². The number of esters is 1. The molecule has 0 fully saturated rings. The zero-order valence-electron chi connectivity index (χ0n) is 14.4. The molecule has 1 amide bonds. The number of hydrogen-bond donors (Lipinski definition) is 1. The smallest absolute Gasteiger partial charge is 0.308 e. The molecule has 5 heteroatoms. The molecule has 25 heavy (non-hydrogen) atoms. The lowest BCUT2D eigenvalue weighted by atomic mass is 10.0. The standard InChI is InChI=1S/C20H19NO4/c1-12-9-17(25-14(3)22)7-6-16(12)5-4-15-8-13(2)20-18(10-15)21-19(23)11-24-20/h4-10H,11H2,1-3H3,(H,21,23)/b5-4+. The van der Waals surface area contributed by atoms with Crippen molar-refractivity contribution in [3.8, 4) is 11.5 Å². The molecule has 1 aliphatic rings. The number of carbonyl (C=O) groups excluding carboxylic acids is 2. The summed E-state index contributed by atoms with van der Waals surface area (Å²) in [5.41, 5.74) is 4.65. The van der Waals surface area contributed by atoms with E-state index < -0.39 is 0 Å². The Labute approximate surface area is 146 Å². The SMILES string of the molecule is CC(=O)Oc1ccc(/C=C/c2cc(C)c3c(c2)NC(=O)CO3)c(C)c1. The molecule has 0 radical (unpaired) electrons. The zero-order chi connectivity index (χ0) is 18.0. The van der Waals surface area contributed by atoms with Crippen LogP contribution in [0.3, 0.4) is 0 Å². The summed E-state index contributed by atoms with van der Waals surface area (Å²) in [5.74, 6) is 0.770. The maximum absolute atomic E-state index is 11.5. The minimum atomic E-state index is -0.337. The zero-order valence-corrected chi connectivity index (χ0v) is 14.4. The average Bonchev–Trinajstić information content (AvgIpc) is 2.53. The van der Waals surface area contributed by atoms with Gasteiger partial charge in [0.05, 0.1) is 5.69 Å². The van der Waals surface area contributed by atoms with Crippen LogP contribution in [0.1, 0.15) is 29.2 Å². The van der Waals surface area contributed by atoms with E-state index in [-0.39, 0.29) is 18.5 Å². The Balaban J connectivity index is 1.85. The fourth-order valence-corrected chi connectivity index (χ4v) is 2.76. The molecular weight excluding hydrogens is 318 g/mol. The lowest BCUT2D eigenvalue weighted by molar-refractivity contribution is -0.131. The van der Waals surface area contributed by atoms with Gasteiger partial charge in [0.2, 0.25) is 0 Å². The molecule has 0 spiro atoms. The highest BCUT2D eigenvalue weighted by atomic mass is 16.5. The predicted octanol–water partition coefficient (Wildman–Crippen LogP) is 3.73. The van der Waals surface area contributed by atoms with Crippen molar-refractivity contribution in [3.05, 3.63) is 52.6 Å². The Morgan fingerprint density at radius 1 is 1.16 bits per heavy atom. The first kappa shape index (κ1) is 16.8. The highest BCUT2D eigenvalue weighted by molar-refractivity contribution is 5.96. The monoisotopic (exact) mass is 337 g/mol. The van der Waals surface area contributed by atoms with Crippen molar-refractivity contribution in [2.75, 3.05) is 11.9 Å². The van der Waals surface area contributed by atoms with Crippen LogP contribution in [0, 0.1) is 13.8 Å². The van der Waals surface area contributed by atoms with Crippen molar-refractivity contribution in [3.63, 3.8) is 0 Å². The third kappa shape index (κ3) is 3.88. The first-order valence-electron chi connectivity index (χ1n) is 7.97. The molecular formula is C20H19NO4. The Morgan fingerprint density at radius 2 is 1.96 bits per heavy atom. The minimum absolute atomic E-state index is 0.0525. The number of carbonyl (C=O) groups is 2. The van der Waals surface area contributed by atoms with Gasteiger partial charge in [-0.1, -0.05) is 18.2 Å². The molecule has 2 aromatic carbocycles. The molecule has 0 atom stereocenters. The van der Waals surface area contributed by atoms with Gasteiger partial charge in [-0.25, -0.2) is 0 Å². The number of nitrogens with one attached hydrogen (secondary N) is 1. The van der Waals surface area contributed by atoms with E-state index in [0.29, 0.717) is 11.4 Å². The molecule has 1 N–H and O–H groups in total. The van der Waals surface area contributed by atoms with Crippen LogP contribution in [-0.4, -0.2) is 18.5 Å². The van der Waals surface area contributed by atoms with Crippen LogP contribution in [0.15, 0.2) is 30.3 Å². The van der Waals surface area contributed by atoms with Crippen LogP contribution in [0.25, 0.3) is 12.2 Å². The normalized spacial score (nSPS) is 13.2. The molecule has 2 aromatic rings. The van der Waals surface area contributed by atoms with E-state index in [1.54, 1.807) is 6.07 Å². The lowest BCUT2D eigenvalue weighted by Crippen LogP contribution is -2.25. The first-order valence-corrected chi connectivity index (χ1v) is 7.97. The van der Waals surface area contributed by atoms with E-state index in [1.165, 1.54) is 6.92 Å². The van der Waals surface area contributed by atoms with Crippen LogP contribution < -0.4 is 14.8 Å². The number of anilines is 1. The predicted molar refractivity (Wildman–Crippen MR) is 96.7 cm³/mol. The second-order valence-corrected chi connectivity index (χ2v) is 6.00. The largest absolute Gasteiger partial charge is 0.481 e. The Hall–Kier alpha value is -3.08. The van der Waals surface area contributed by atoms with E-state index in [4.69, 9.17) is 9.47 Å². The van der Waals surface area contributed by atoms with Gasteiger partial charge in [-0.05, 0) is 60.4 Å². The van der Waals surface area contributed by atoms with Crippen molar-refractivity contribution in [1.29, 1.82) is 0 Å². The van der Waals surface area contributed by atoms with Crippen molar-refractivity contribution >= 4 is 29.7 Å². The van der Waals surface area contributed by atoms with Crippen molar-refractivity contribution < 1.29 is 19.1 Å². The third-order valence-corrected chi connectivity index (χ3v) is 3.88. The maximum Gasteiger partial charge on any atom is 0.308 e. The number of ether oxygens (including phenoxy) is 2. The van der Waals surface area contributed by atoms with Crippen LogP contribution in [-0.2, 0) is 9.59 Å². The van der Waals surface area contributed by atoms with Gasteiger partial charge in [0.15, 0.2) is 6.61 Å². The topological polar surface area (TPSA) is 64.6 Å². The van der Waals surface area contributed by atoms with Gasteiger partial charge in [-0.15, -0.1) is 0 Å². The van der Waals surface area contributed by atoms with E-state index in [0.717, 1.165) is 28.0 Å². The molecule has 1 aliphatic heterocycles. The van der Waals surface area contributed by atoms with E-state index in [2.05, 4.69) is 5.32 Å². The van der Waals surface area contributed by atoms with E-state index in [1.807, 2.05) is 50.3 Å². The molecule has 0 bridgehead atoms. The number of hydrogen-bond acceptors (Lipinski definition) is 4. The minimum Gasteiger partial charge on any atom is -0.481 e. The van der Waals surface area contributed by atoms with Gasteiger partial charge < -0.3 is 14.8 Å². The molecule has 0 saturated carbocycles. The van der Waals surface area contributed by atoms with Crippen LogP contribution >= 0.6 is 0 Å². The van der Waals surface area contributed by atoms with Gasteiger partial charge in [0.1, 0.15) is 11.5 Å². The summed E-state index contributed by atoms with van der Waals surface area (Å²) in [6, 6.07) is 9.39. The highest BCUT2D eigenvalue weighted by Crippen LogP contribution is 2.33. The number of amides is 1. The third-order valence-electron chi connectivity index (χ3n) is 3.88. The number of aryl methyl sites for hydroxylation is 2. The summed E-state index contributed by atoms with van der Waals surface area (Å²) >= 11 is 0. The quantitative estimate of drug-likeness (QED) is 0.526. The molecule has 3 rings (SSSR count). The molecule has 5 nitrogen and oxygen atoms in total. The van der Waals surface area contributed by atoms with E-state index >= 15 is 0 Å². The van der Waals surface area contributed by atoms with Crippen molar-refractivity contribution in [2.24, 2.45) is 0 Å². The molecule has 128 valence electrons. The second-order valence-electron chi connectivity index (χ2n) is 6.00. The van der Waals surface area contributed by atoms with Gasteiger partial charge in [-0.2, -0.15) is 0 Å². The van der Waals surface area contributed by atoms with Crippen molar-refractivity contribution in [2.45, 2.75) is 20.8 Å². The molecule has 0 saturated heterocycles. The van der Waals surface area contributed by atoms with Gasteiger partial charge in [-0.3, -0.25) is 9.59 Å². The highest BCUT2D eigenvalue weighted by Gasteiger charge is 2.18. The summed E-state index contributed by atoms with van der Waals surface area (Å²) in [7, 11) is 0. The maximum atomic E-state index is 11.5. The summed E-state index contributed by atoms with van der Waals surface area (Å²) in [4.78, 5) is 22.5. The fourth-order valence-electron chi connectivity index (χ4n) is 2.76. The summed E-state index contributed by atoms with van der Waals surface area (Å²) in [6.45, 7) is 5.34. The Bertz CT molecular complexity index is 884. The number of rotatable bonds is 3. The molecule has 0 aliphatic carbocycles. The van der Waals surface area contributed by atoms with Gasteiger partial charge >= 0.3 is 5.97 Å². The molecule has 1 heterocycles. The van der Waals surface area contributed by atoms with Crippen LogP contribution in [0.2, 0.25) is 0 Å². The Kier molecular flexibility index (Phi) is 4.57. The number of benzene rings is 2. The first-order chi connectivity index (χ1) is 11.9. The van der Waals surface area contributed by atoms with Crippen LogP contribution in [0.5, 0.6) is 11.5 Å². The lowest BCUT2D eigenvalue weighted by Gasteiger charge is -2.20. The van der Waals surface area contributed by atoms with Crippen molar-refractivity contribution in [1.82, 2.24) is 0 Å². The fraction of sp³-hybridized carbons (Fsp3) is 0.200. The Morgan fingerprint density at radius 3 is 2.68 bits per heavy atom. The molecule has 0 aromatic heterocycles. The van der Waals surface area contributed by atoms with Crippen LogP contribution in [0.4, 0.5) is 5.69 Å². The average molecular weight is 337 g/mol. The molecule has 0 unspecified atom stereocenters. The summed E-state index contributed by atoms with van der Waals surface area (Å²) < 4.78 is 10.6. The second kappa shape index (κ2) is 6.81. The summed E-state index contributed by atoms with van der Waals surface area (Å²) in [6.07, 6.45) is 3.96. The van der Waals surface area contributed by atoms with E-state index in [9.17, 15) is 9.59 Å². The van der Waals surface area contributed by atoms with Gasteiger partial charge in [0.25, 0.3) is 5.91 Å².